The minimum Gasteiger partial charge on any atom is -0.375 e. The van der Waals surface area contributed by atoms with Gasteiger partial charge in [0, 0.05) is 63.9 Å². The van der Waals surface area contributed by atoms with Crippen LogP contribution in [0.3, 0.4) is 0 Å². The van der Waals surface area contributed by atoms with Gasteiger partial charge in [0.15, 0.2) is 0 Å². The molecule has 1 saturated carbocycles. The fourth-order valence-corrected chi connectivity index (χ4v) is 5.85. The second-order valence-corrected chi connectivity index (χ2v) is 9.65. The molecule has 0 radical (unpaired) electrons. The Hall–Kier alpha value is -0.650. The molecular weight excluding hydrogens is 338 g/mol. The van der Waals surface area contributed by atoms with Gasteiger partial charge in [-0.05, 0) is 52.4 Å². The largest absolute Gasteiger partial charge is 0.375 e. The molecule has 5 heteroatoms. The van der Waals surface area contributed by atoms with Crippen LogP contribution in [0.5, 0.6) is 0 Å². The predicted molar refractivity (Wildman–Crippen MR) is 108 cm³/mol. The minimum absolute atomic E-state index is 0.0323. The Bertz CT molecular complexity index is 502. The first-order chi connectivity index (χ1) is 13.1. The van der Waals surface area contributed by atoms with Crippen LogP contribution in [0.2, 0.25) is 0 Å². The molecule has 0 aromatic rings. The zero-order chi connectivity index (χ0) is 18.9. The number of ether oxygens (including phenoxy) is 1. The number of likely N-dealkylation sites (tertiary alicyclic amines) is 1. The minimum atomic E-state index is 0.0323. The third kappa shape index (κ3) is 4.35. The van der Waals surface area contributed by atoms with Gasteiger partial charge < -0.3 is 9.64 Å². The van der Waals surface area contributed by atoms with Crippen LogP contribution in [0.25, 0.3) is 0 Å². The van der Waals surface area contributed by atoms with Crippen LogP contribution in [0.4, 0.5) is 0 Å². The molecule has 154 valence electrons. The molecule has 0 aromatic heterocycles. The molecule has 4 fully saturated rings. The summed E-state index contributed by atoms with van der Waals surface area (Å²) in [5.41, 5.74) is 0.0323. The van der Waals surface area contributed by atoms with Gasteiger partial charge in [-0.25, -0.2) is 0 Å². The van der Waals surface area contributed by atoms with Crippen LogP contribution in [-0.4, -0.2) is 84.2 Å². The molecular formula is C22H39N3O2. The molecule has 3 saturated heterocycles. The summed E-state index contributed by atoms with van der Waals surface area (Å²) in [6, 6.07) is 1.33. The first-order valence-electron chi connectivity index (χ1n) is 11.5. The van der Waals surface area contributed by atoms with Gasteiger partial charge in [0.2, 0.25) is 5.91 Å². The number of carbonyl (C=O) groups excluding carboxylic acids is 1. The van der Waals surface area contributed by atoms with Crippen molar-refractivity contribution >= 4 is 5.91 Å². The average Bonchev–Trinajstić information content (AvgIpc) is 3.23. The molecule has 1 aliphatic carbocycles. The first-order valence-corrected chi connectivity index (χ1v) is 11.5. The van der Waals surface area contributed by atoms with Crippen LogP contribution in [0, 0.1) is 5.92 Å². The number of piperazine rings is 1. The van der Waals surface area contributed by atoms with Gasteiger partial charge in [0.25, 0.3) is 0 Å². The van der Waals surface area contributed by atoms with Gasteiger partial charge in [0.05, 0.1) is 5.60 Å². The molecule has 0 N–H and O–H groups in total. The lowest BCUT2D eigenvalue weighted by molar-refractivity contribution is -0.153. The summed E-state index contributed by atoms with van der Waals surface area (Å²) >= 11 is 0. The lowest BCUT2D eigenvalue weighted by Crippen LogP contribution is -2.58. The van der Waals surface area contributed by atoms with Crippen molar-refractivity contribution < 1.29 is 9.53 Å². The number of hydrogen-bond donors (Lipinski definition) is 0. The summed E-state index contributed by atoms with van der Waals surface area (Å²) in [7, 11) is 0. The van der Waals surface area contributed by atoms with E-state index in [1.54, 1.807) is 0 Å². The van der Waals surface area contributed by atoms with Gasteiger partial charge in [-0.3, -0.25) is 14.6 Å². The smallest absolute Gasteiger partial charge is 0.225 e. The summed E-state index contributed by atoms with van der Waals surface area (Å²) in [5.74, 6) is 0.746. The van der Waals surface area contributed by atoms with Gasteiger partial charge in [-0.1, -0.05) is 12.8 Å². The third-order valence-corrected chi connectivity index (χ3v) is 7.75. The van der Waals surface area contributed by atoms with E-state index in [9.17, 15) is 4.79 Å². The highest BCUT2D eigenvalue weighted by Crippen LogP contribution is 2.38. The fraction of sp³-hybridized carbons (Fsp3) is 0.955. The van der Waals surface area contributed by atoms with E-state index in [0.29, 0.717) is 23.9 Å². The van der Waals surface area contributed by atoms with Crippen LogP contribution < -0.4 is 0 Å². The summed E-state index contributed by atoms with van der Waals surface area (Å²) in [6.07, 6.45) is 9.12. The predicted octanol–water partition coefficient (Wildman–Crippen LogP) is 2.74. The Morgan fingerprint density at radius 3 is 2.26 bits per heavy atom. The van der Waals surface area contributed by atoms with E-state index in [0.717, 1.165) is 45.4 Å². The first kappa shape index (κ1) is 19.7. The molecule has 27 heavy (non-hydrogen) atoms. The second kappa shape index (κ2) is 8.38. The standard InChI is InChI=1S/C22H39N3O2/c1-18(2)23-12-14-24(15-13-23)20-7-16-27-22(17-20)8-10-25(11-9-22)21(26)19-5-3-4-6-19/h18-20H,3-17H2,1-2H3/t20-/m1/s1. The SMILES string of the molecule is CC(C)N1CCN([C@@H]2CCOC3(CCN(C(=O)C4CCCC4)CC3)C2)CC1. The topological polar surface area (TPSA) is 36.0 Å². The fourth-order valence-electron chi connectivity index (χ4n) is 5.85. The van der Waals surface area contributed by atoms with Crippen molar-refractivity contribution in [3.8, 4) is 0 Å². The van der Waals surface area contributed by atoms with Crippen LogP contribution in [0.1, 0.15) is 65.2 Å². The Labute approximate surface area is 165 Å². The molecule has 3 aliphatic heterocycles. The molecule has 1 spiro atoms. The van der Waals surface area contributed by atoms with Crippen molar-refractivity contribution in [3.63, 3.8) is 0 Å². The summed E-state index contributed by atoms with van der Waals surface area (Å²) in [4.78, 5) is 20.2. The monoisotopic (exact) mass is 377 g/mol. The van der Waals surface area contributed by atoms with Crippen molar-refractivity contribution in [2.24, 2.45) is 5.92 Å². The highest BCUT2D eigenvalue weighted by atomic mass is 16.5. The zero-order valence-corrected chi connectivity index (χ0v) is 17.5. The maximum absolute atomic E-state index is 12.7. The zero-order valence-electron chi connectivity index (χ0n) is 17.5. The lowest BCUT2D eigenvalue weighted by Gasteiger charge is -2.50. The number of carbonyl (C=O) groups is 1. The van der Waals surface area contributed by atoms with E-state index >= 15 is 0 Å². The van der Waals surface area contributed by atoms with Crippen LogP contribution >= 0.6 is 0 Å². The molecule has 0 unspecified atom stereocenters. The van der Waals surface area contributed by atoms with Crippen LogP contribution in [0.15, 0.2) is 0 Å². The van der Waals surface area contributed by atoms with Crippen molar-refractivity contribution in [2.45, 2.75) is 82.9 Å². The molecule has 4 rings (SSSR count). The normalized spacial score (nSPS) is 31.1. The quantitative estimate of drug-likeness (QED) is 0.758. The number of hydrogen-bond acceptors (Lipinski definition) is 4. The second-order valence-electron chi connectivity index (χ2n) is 9.65. The Balaban J connectivity index is 1.29. The lowest BCUT2D eigenvalue weighted by atomic mass is 9.81. The Morgan fingerprint density at radius 2 is 1.63 bits per heavy atom. The van der Waals surface area contributed by atoms with E-state index in [1.165, 1.54) is 51.9 Å². The van der Waals surface area contributed by atoms with E-state index in [2.05, 4.69) is 28.5 Å². The molecule has 3 heterocycles. The van der Waals surface area contributed by atoms with Gasteiger partial charge in [0.1, 0.15) is 0 Å². The number of piperidine rings is 1. The summed E-state index contributed by atoms with van der Waals surface area (Å²) in [6.45, 7) is 12.1. The maximum Gasteiger partial charge on any atom is 0.225 e. The van der Waals surface area contributed by atoms with Crippen molar-refractivity contribution in [1.29, 1.82) is 0 Å². The van der Waals surface area contributed by atoms with Gasteiger partial charge in [-0.2, -0.15) is 0 Å². The third-order valence-electron chi connectivity index (χ3n) is 7.75. The van der Waals surface area contributed by atoms with E-state index in [4.69, 9.17) is 4.74 Å². The summed E-state index contributed by atoms with van der Waals surface area (Å²) < 4.78 is 6.37. The van der Waals surface area contributed by atoms with Gasteiger partial charge in [-0.15, -0.1) is 0 Å². The van der Waals surface area contributed by atoms with Crippen LogP contribution in [-0.2, 0) is 9.53 Å². The van der Waals surface area contributed by atoms with E-state index in [-0.39, 0.29) is 5.60 Å². The van der Waals surface area contributed by atoms with Crippen molar-refractivity contribution in [2.75, 3.05) is 45.9 Å². The number of amides is 1. The number of nitrogens with zero attached hydrogens (tertiary/aromatic N) is 3. The molecule has 1 amide bonds. The molecule has 0 aromatic carbocycles. The van der Waals surface area contributed by atoms with E-state index < -0.39 is 0 Å². The number of rotatable bonds is 3. The van der Waals surface area contributed by atoms with Crippen molar-refractivity contribution in [3.05, 3.63) is 0 Å². The highest BCUT2D eigenvalue weighted by molar-refractivity contribution is 5.79. The van der Waals surface area contributed by atoms with Gasteiger partial charge >= 0.3 is 0 Å². The van der Waals surface area contributed by atoms with Crippen molar-refractivity contribution in [1.82, 2.24) is 14.7 Å². The highest BCUT2D eigenvalue weighted by Gasteiger charge is 2.43. The molecule has 0 bridgehead atoms. The van der Waals surface area contributed by atoms with E-state index in [1.807, 2.05) is 0 Å². The molecule has 5 nitrogen and oxygen atoms in total. The molecule has 4 aliphatic rings. The maximum atomic E-state index is 12.7. The average molecular weight is 378 g/mol. The Morgan fingerprint density at radius 1 is 0.963 bits per heavy atom. The molecule has 1 atom stereocenters. The summed E-state index contributed by atoms with van der Waals surface area (Å²) in [5, 5.41) is 0. The Kier molecular flexibility index (Phi) is 6.10.